The summed E-state index contributed by atoms with van der Waals surface area (Å²) in [5.41, 5.74) is 2.11. The predicted octanol–water partition coefficient (Wildman–Crippen LogP) is 3.67. The number of aryl methyl sites for hydroxylation is 1. The number of halogens is 2. The van der Waals surface area contributed by atoms with Gasteiger partial charge >= 0.3 is 0 Å². The Kier molecular flexibility index (Phi) is 9.93. The Morgan fingerprint density at radius 3 is 2.73 bits per heavy atom. The van der Waals surface area contributed by atoms with E-state index in [1.165, 1.54) is 12.1 Å². The Morgan fingerprint density at radius 2 is 2.08 bits per heavy atom. The average Bonchev–Trinajstić information content (AvgIpc) is 2.62. The number of guanidine groups is 1. The maximum absolute atomic E-state index is 13.3. The summed E-state index contributed by atoms with van der Waals surface area (Å²) in [7, 11) is 1.72. The number of hydrogen-bond donors (Lipinski definition) is 2. The van der Waals surface area contributed by atoms with E-state index in [0.717, 1.165) is 17.7 Å². The number of pyridine rings is 1. The maximum Gasteiger partial charge on any atom is 0.191 e. The van der Waals surface area contributed by atoms with Gasteiger partial charge in [0.05, 0.1) is 18.8 Å². The van der Waals surface area contributed by atoms with Gasteiger partial charge in [-0.3, -0.25) is 9.98 Å². The normalized spacial score (nSPS) is 12.1. The lowest BCUT2D eigenvalue weighted by molar-refractivity contribution is 0.198. The highest BCUT2D eigenvalue weighted by molar-refractivity contribution is 14.0. The van der Waals surface area contributed by atoms with Gasteiger partial charge in [-0.25, -0.2) is 4.39 Å². The second kappa shape index (κ2) is 11.7. The molecule has 0 bridgehead atoms. The minimum Gasteiger partial charge on any atom is -0.489 e. The number of rotatable bonds is 7. The van der Waals surface area contributed by atoms with Crippen molar-refractivity contribution in [3.05, 3.63) is 59.7 Å². The van der Waals surface area contributed by atoms with Crippen LogP contribution in [-0.4, -0.2) is 30.6 Å². The van der Waals surface area contributed by atoms with Gasteiger partial charge in [-0.1, -0.05) is 19.1 Å². The highest BCUT2D eigenvalue weighted by atomic mass is 127. The summed E-state index contributed by atoms with van der Waals surface area (Å²) in [6, 6.07) is 10.1. The van der Waals surface area contributed by atoms with Crippen LogP contribution >= 0.6 is 24.0 Å². The molecular weight excluding hydrogens is 446 g/mol. The Bertz CT molecular complexity index is 711. The zero-order valence-electron chi connectivity index (χ0n) is 15.3. The second-order valence-corrected chi connectivity index (χ2v) is 5.68. The van der Waals surface area contributed by atoms with Crippen LogP contribution in [0.4, 0.5) is 4.39 Å². The summed E-state index contributed by atoms with van der Waals surface area (Å²) in [4.78, 5) is 8.57. The average molecular weight is 472 g/mol. The topological polar surface area (TPSA) is 58.5 Å². The van der Waals surface area contributed by atoms with Crippen LogP contribution in [0.5, 0.6) is 5.75 Å². The second-order valence-electron chi connectivity index (χ2n) is 5.68. The summed E-state index contributed by atoms with van der Waals surface area (Å²) >= 11 is 0. The molecule has 2 aromatic rings. The molecule has 0 fully saturated rings. The zero-order valence-corrected chi connectivity index (χ0v) is 17.7. The van der Waals surface area contributed by atoms with Crippen molar-refractivity contribution in [3.8, 4) is 5.75 Å². The van der Waals surface area contributed by atoms with Crippen molar-refractivity contribution in [2.75, 3.05) is 13.6 Å². The van der Waals surface area contributed by atoms with E-state index in [1.54, 1.807) is 25.4 Å². The van der Waals surface area contributed by atoms with Crippen LogP contribution in [-0.2, 0) is 6.54 Å². The molecule has 7 heteroatoms. The lowest BCUT2D eigenvalue weighted by Crippen LogP contribution is -2.42. The third-order valence-electron chi connectivity index (χ3n) is 3.82. The highest BCUT2D eigenvalue weighted by Gasteiger charge is 2.10. The summed E-state index contributed by atoms with van der Waals surface area (Å²) in [5, 5.41) is 6.48. The fraction of sp³-hybridized carbons (Fsp3) is 0.368. The molecule has 0 aliphatic heterocycles. The van der Waals surface area contributed by atoms with Crippen molar-refractivity contribution in [2.45, 2.75) is 32.9 Å². The van der Waals surface area contributed by atoms with E-state index in [-0.39, 0.29) is 35.9 Å². The van der Waals surface area contributed by atoms with Crippen molar-refractivity contribution in [2.24, 2.45) is 4.99 Å². The van der Waals surface area contributed by atoms with Gasteiger partial charge in [-0.15, -0.1) is 24.0 Å². The third-order valence-corrected chi connectivity index (χ3v) is 3.82. The van der Waals surface area contributed by atoms with Crippen molar-refractivity contribution >= 4 is 29.9 Å². The van der Waals surface area contributed by atoms with Crippen LogP contribution in [0, 0.1) is 12.7 Å². The molecule has 0 spiro atoms. The smallest absolute Gasteiger partial charge is 0.191 e. The summed E-state index contributed by atoms with van der Waals surface area (Å²) in [6.07, 6.45) is 2.48. The van der Waals surface area contributed by atoms with Crippen molar-refractivity contribution in [1.29, 1.82) is 0 Å². The fourth-order valence-corrected chi connectivity index (χ4v) is 2.30. The van der Waals surface area contributed by atoms with Crippen LogP contribution in [0.3, 0.4) is 0 Å². The third kappa shape index (κ3) is 7.15. The monoisotopic (exact) mass is 472 g/mol. The minimum absolute atomic E-state index is 0. The Hall–Kier alpha value is -1.90. The molecule has 5 nitrogen and oxygen atoms in total. The molecule has 0 aliphatic carbocycles. The zero-order chi connectivity index (χ0) is 18.1. The van der Waals surface area contributed by atoms with Gasteiger partial charge in [0.15, 0.2) is 5.96 Å². The van der Waals surface area contributed by atoms with E-state index < -0.39 is 0 Å². The molecule has 1 atom stereocenters. The van der Waals surface area contributed by atoms with Gasteiger partial charge in [-0.05, 0) is 37.1 Å². The first-order chi connectivity index (χ1) is 12.1. The number of nitrogens with zero attached hydrogens (tertiary/aromatic N) is 2. The van der Waals surface area contributed by atoms with Crippen LogP contribution in [0.25, 0.3) is 0 Å². The van der Waals surface area contributed by atoms with Crippen molar-refractivity contribution in [1.82, 2.24) is 15.6 Å². The largest absolute Gasteiger partial charge is 0.489 e. The molecule has 1 aromatic carbocycles. The summed E-state index contributed by atoms with van der Waals surface area (Å²) in [6.45, 7) is 5.21. The molecule has 0 amide bonds. The minimum atomic E-state index is -0.302. The molecule has 0 aliphatic rings. The van der Waals surface area contributed by atoms with E-state index in [0.29, 0.717) is 24.8 Å². The predicted molar refractivity (Wildman–Crippen MR) is 114 cm³/mol. The number of ether oxygens (including phenoxy) is 1. The lowest BCUT2D eigenvalue weighted by atomic mass is 10.2. The van der Waals surface area contributed by atoms with Gasteiger partial charge < -0.3 is 15.4 Å². The number of aliphatic imine (C=N–C) groups is 1. The quantitative estimate of drug-likeness (QED) is 0.367. The summed E-state index contributed by atoms with van der Waals surface area (Å²) in [5.74, 6) is 0.899. The Labute approximate surface area is 171 Å². The fourth-order valence-electron chi connectivity index (χ4n) is 2.30. The van der Waals surface area contributed by atoms with E-state index in [4.69, 9.17) is 4.74 Å². The van der Waals surface area contributed by atoms with E-state index >= 15 is 0 Å². The first kappa shape index (κ1) is 22.1. The Morgan fingerprint density at radius 1 is 1.27 bits per heavy atom. The Balaban J connectivity index is 0.00000338. The lowest BCUT2D eigenvalue weighted by Gasteiger charge is -2.20. The molecular formula is C19H26FIN4O. The number of benzene rings is 1. The van der Waals surface area contributed by atoms with Crippen LogP contribution < -0.4 is 15.4 Å². The summed E-state index contributed by atoms with van der Waals surface area (Å²) < 4.78 is 19.1. The van der Waals surface area contributed by atoms with Gasteiger partial charge in [0, 0.05) is 19.3 Å². The molecule has 1 aromatic heterocycles. The maximum atomic E-state index is 13.3. The standard InChI is InChI=1S/C19H25FN4O.HI/c1-4-16(25-17-9-5-8-15(20)11-17)12-23-19(21-3)24-13-18-14(2)7-6-10-22-18;/h5-11,16H,4,12-13H2,1-3H3,(H2,21,23,24);1H. The first-order valence-electron chi connectivity index (χ1n) is 8.39. The number of aromatic nitrogens is 1. The molecule has 1 heterocycles. The first-order valence-corrected chi connectivity index (χ1v) is 8.39. The molecule has 2 rings (SSSR count). The molecule has 0 saturated heterocycles. The SMILES string of the molecule is CCC(CNC(=NC)NCc1ncccc1C)Oc1cccc(F)c1.I. The molecule has 0 saturated carbocycles. The van der Waals surface area contributed by atoms with Gasteiger partial charge in [0.1, 0.15) is 17.7 Å². The number of hydrogen-bond acceptors (Lipinski definition) is 3. The van der Waals surface area contributed by atoms with E-state index in [2.05, 4.69) is 20.6 Å². The van der Waals surface area contributed by atoms with Gasteiger partial charge in [-0.2, -0.15) is 0 Å². The van der Waals surface area contributed by atoms with Crippen LogP contribution in [0.2, 0.25) is 0 Å². The molecule has 26 heavy (non-hydrogen) atoms. The van der Waals surface area contributed by atoms with E-state index in [1.807, 2.05) is 26.0 Å². The van der Waals surface area contributed by atoms with Gasteiger partial charge in [0.2, 0.25) is 0 Å². The molecule has 2 N–H and O–H groups in total. The van der Waals surface area contributed by atoms with Crippen molar-refractivity contribution < 1.29 is 9.13 Å². The van der Waals surface area contributed by atoms with Crippen LogP contribution in [0.1, 0.15) is 24.6 Å². The van der Waals surface area contributed by atoms with Crippen molar-refractivity contribution in [3.63, 3.8) is 0 Å². The highest BCUT2D eigenvalue weighted by Crippen LogP contribution is 2.14. The van der Waals surface area contributed by atoms with Gasteiger partial charge in [0.25, 0.3) is 0 Å². The molecule has 1 unspecified atom stereocenters. The molecule has 142 valence electrons. The number of nitrogens with one attached hydrogen (secondary N) is 2. The van der Waals surface area contributed by atoms with Crippen LogP contribution in [0.15, 0.2) is 47.6 Å². The molecule has 0 radical (unpaired) electrons. The van der Waals surface area contributed by atoms with E-state index in [9.17, 15) is 4.39 Å².